The monoisotopic (exact) mass is 262 g/mol. The molecule has 1 fully saturated rings. The standard InChI is InChI=1S/C15H22N2O2/c1-11-6-4-3-5-9-17(11)15(18)13-8-7-12(16)10-14(13)19-2/h7-8,10-11H,3-6,9,16H2,1-2H3. The highest BCUT2D eigenvalue weighted by Crippen LogP contribution is 2.26. The van der Waals surface area contributed by atoms with Crippen LogP contribution in [0, 0.1) is 0 Å². The van der Waals surface area contributed by atoms with Crippen LogP contribution in [-0.2, 0) is 0 Å². The first-order chi connectivity index (χ1) is 9.13. The predicted molar refractivity (Wildman–Crippen MR) is 76.4 cm³/mol. The molecule has 1 aliphatic heterocycles. The summed E-state index contributed by atoms with van der Waals surface area (Å²) in [5, 5.41) is 0. The van der Waals surface area contributed by atoms with Crippen LogP contribution < -0.4 is 10.5 Å². The first-order valence-electron chi connectivity index (χ1n) is 6.88. The quantitative estimate of drug-likeness (QED) is 0.834. The summed E-state index contributed by atoms with van der Waals surface area (Å²) < 4.78 is 5.28. The van der Waals surface area contributed by atoms with Crippen LogP contribution in [0.4, 0.5) is 5.69 Å². The summed E-state index contributed by atoms with van der Waals surface area (Å²) in [5.41, 5.74) is 6.94. The Kier molecular flexibility index (Phi) is 4.30. The van der Waals surface area contributed by atoms with Crippen molar-refractivity contribution in [3.05, 3.63) is 23.8 Å². The topological polar surface area (TPSA) is 55.6 Å². The number of rotatable bonds is 2. The normalized spacial score (nSPS) is 19.9. The molecule has 2 rings (SSSR count). The van der Waals surface area contributed by atoms with Crippen LogP contribution in [-0.4, -0.2) is 30.5 Å². The van der Waals surface area contributed by atoms with Gasteiger partial charge in [0.2, 0.25) is 0 Å². The van der Waals surface area contributed by atoms with Gasteiger partial charge in [-0.25, -0.2) is 0 Å². The Hall–Kier alpha value is -1.71. The fraction of sp³-hybridized carbons (Fsp3) is 0.533. The van der Waals surface area contributed by atoms with E-state index in [0.717, 1.165) is 19.4 Å². The lowest BCUT2D eigenvalue weighted by atomic mass is 10.1. The Morgan fingerprint density at radius 3 is 2.89 bits per heavy atom. The number of hydrogen-bond donors (Lipinski definition) is 1. The van der Waals surface area contributed by atoms with Crippen LogP contribution in [0.1, 0.15) is 43.0 Å². The lowest BCUT2D eigenvalue weighted by Crippen LogP contribution is -2.38. The summed E-state index contributed by atoms with van der Waals surface area (Å²) >= 11 is 0. The molecule has 0 aromatic heterocycles. The molecular weight excluding hydrogens is 240 g/mol. The summed E-state index contributed by atoms with van der Waals surface area (Å²) in [5.74, 6) is 0.604. The zero-order valence-electron chi connectivity index (χ0n) is 11.7. The Bertz CT molecular complexity index is 459. The van der Waals surface area contributed by atoms with Crippen molar-refractivity contribution in [3.63, 3.8) is 0 Å². The Labute approximate surface area is 114 Å². The number of ether oxygens (including phenoxy) is 1. The van der Waals surface area contributed by atoms with Gasteiger partial charge >= 0.3 is 0 Å². The van der Waals surface area contributed by atoms with Crippen molar-refractivity contribution in [1.29, 1.82) is 0 Å². The molecule has 1 atom stereocenters. The highest BCUT2D eigenvalue weighted by Gasteiger charge is 2.25. The summed E-state index contributed by atoms with van der Waals surface area (Å²) in [6.07, 6.45) is 4.55. The van der Waals surface area contributed by atoms with Crippen molar-refractivity contribution in [2.45, 2.75) is 38.6 Å². The first-order valence-corrected chi connectivity index (χ1v) is 6.88. The van der Waals surface area contributed by atoms with E-state index in [4.69, 9.17) is 10.5 Å². The average Bonchev–Trinajstić information content (AvgIpc) is 2.62. The van der Waals surface area contributed by atoms with E-state index in [1.54, 1.807) is 25.3 Å². The number of methoxy groups -OCH3 is 1. The van der Waals surface area contributed by atoms with Gasteiger partial charge in [0.1, 0.15) is 5.75 Å². The zero-order chi connectivity index (χ0) is 13.8. The largest absolute Gasteiger partial charge is 0.496 e. The van der Waals surface area contributed by atoms with Crippen molar-refractivity contribution >= 4 is 11.6 Å². The molecule has 0 aliphatic carbocycles. The van der Waals surface area contributed by atoms with Crippen molar-refractivity contribution in [3.8, 4) is 5.75 Å². The SMILES string of the molecule is COc1cc(N)ccc1C(=O)N1CCCCCC1C. The smallest absolute Gasteiger partial charge is 0.257 e. The highest BCUT2D eigenvalue weighted by molar-refractivity contribution is 5.97. The zero-order valence-corrected chi connectivity index (χ0v) is 11.7. The second-order valence-corrected chi connectivity index (χ2v) is 5.16. The molecule has 1 aliphatic rings. The molecule has 0 saturated carbocycles. The number of carbonyl (C=O) groups is 1. The Balaban J connectivity index is 2.27. The highest BCUT2D eigenvalue weighted by atomic mass is 16.5. The first kappa shape index (κ1) is 13.7. The molecule has 4 heteroatoms. The van der Waals surface area contributed by atoms with Gasteiger partial charge in [-0.15, -0.1) is 0 Å². The van der Waals surface area contributed by atoms with Crippen LogP contribution in [0.2, 0.25) is 0 Å². The predicted octanol–water partition coefficient (Wildman–Crippen LogP) is 2.68. The van der Waals surface area contributed by atoms with Crippen LogP contribution in [0.5, 0.6) is 5.75 Å². The number of anilines is 1. The molecule has 2 N–H and O–H groups in total. The maximum absolute atomic E-state index is 12.7. The molecule has 1 unspecified atom stereocenters. The minimum Gasteiger partial charge on any atom is -0.496 e. The van der Waals surface area contributed by atoms with Crippen molar-refractivity contribution < 1.29 is 9.53 Å². The lowest BCUT2D eigenvalue weighted by molar-refractivity contribution is 0.0694. The number of nitrogens with zero attached hydrogens (tertiary/aromatic N) is 1. The van der Waals surface area contributed by atoms with Gasteiger partial charge in [0.25, 0.3) is 5.91 Å². The van der Waals surface area contributed by atoms with Crippen molar-refractivity contribution in [2.75, 3.05) is 19.4 Å². The summed E-state index contributed by atoms with van der Waals surface area (Å²) in [6, 6.07) is 5.50. The number of amides is 1. The van der Waals surface area contributed by atoms with Gasteiger partial charge in [-0.05, 0) is 31.9 Å². The van der Waals surface area contributed by atoms with E-state index in [1.807, 2.05) is 4.90 Å². The lowest BCUT2D eigenvalue weighted by Gasteiger charge is -2.27. The number of nitrogen functional groups attached to an aromatic ring is 1. The van der Waals surface area contributed by atoms with Gasteiger partial charge in [0, 0.05) is 24.3 Å². The molecule has 1 heterocycles. The fourth-order valence-corrected chi connectivity index (χ4v) is 2.62. The fourth-order valence-electron chi connectivity index (χ4n) is 2.62. The minimum absolute atomic E-state index is 0.0475. The molecular formula is C15H22N2O2. The van der Waals surface area contributed by atoms with Gasteiger partial charge in [0.15, 0.2) is 0 Å². The second kappa shape index (κ2) is 5.95. The van der Waals surface area contributed by atoms with Crippen LogP contribution in [0.25, 0.3) is 0 Å². The van der Waals surface area contributed by atoms with Crippen molar-refractivity contribution in [2.24, 2.45) is 0 Å². The van der Waals surface area contributed by atoms with Gasteiger partial charge < -0.3 is 15.4 Å². The molecule has 1 amide bonds. The summed E-state index contributed by atoms with van der Waals surface area (Å²) in [7, 11) is 1.57. The number of benzene rings is 1. The van der Waals surface area contributed by atoms with Crippen LogP contribution in [0.15, 0.2) is 18.2 Å². The molecule has 1 saturated heterocycles. The molecule has 0 radical (unpaired) electrons. The van der Waals surface area contributed by atoms with E-state index in [1.165, 1.54) is 12.8 Å². The third-order valence-corrected chi connectivity index (χ3v) is 3.77. The summed E-state index contributed by atoms with van der Waals surface area (Å²) in [4.78, 5) is 14.6. The van der Waals surface area contributed by atoms with E-state index < -0.39 is 0 Å². The van der Waals surface area contributed by atoms with E-state index in [9.17, 15) is 4.79 Å². The maximum atomic E-state index is 12.7. The number of carbonyl (C=O) groups excluding carboxylic acids is 1. The third kappa shape index (κ3) is 3.00. The Morgan fingerprint density at radius 1 is 1.37 bits per heavy atom. The number of hydrogen-bond acceptors (Lipinski definition) is 3. The van der Waals surface area contributed by atoms with E-state index in [-0.39, 0.29) is 11.9 Å². The Morgan fingerprint density at radius 2 is 2.16 bits per heavy atom. The number of nitrogens with two attached hydrogens (primary N) is 1. The van der Waals surface area contributed by atoms with E-state index in [0.29, 0.717) is 17.0 Å². The van der Waals surface area contributed by atoms with E-state index in [2.05, 4.69) is 6.92 Å². The molecule has 104 valence electrons. The van der Waals surface area contributed by atoms with Crippen LogP contribution >= 0.6 is 0 Å². The second-order valence-electron chi connectivity index (χ2n) is 5.16. The molecule has 4 nitrogen and oxygen atoms in total. The average molecular weight is 262 g/mol. The van der Waals surface area contributed by atoms with Gasteiger partial charge in [-0.1, -0.05) is 12.8 Å². The summed E-state index contributed by atoms with van der Waals surface area (Å²) in [6.45, 7) is 2.94. The van der Waals surface area contributed by atoms with Gasteiger partial charge in [0.05, 0.1) is 12.7 Å². The maximum Gasteiger partial charge on any atom is 0.257 e. The molecule has 19 heavy (non-hydrogen) atoms. The molecule has 0 spiro atoms. The van der Waals surface area contributed by atoms with E-state index >= 15 is 0 Å². The van der Waals surface area contributed by atoms with Gasteiger partial charge in [-0.3, -0.25) is 4.79 Å². The number of likely N-dealkylation sites (tertiary alicyclic amines) is 1. The molecule has 0 bridgehead atoms. The van der Waals surface area contributed by atoms with Crippen LogP contribution in [0.3, 0.4) is 0 Å². The van der Waals surface area contributed by atoms with Gasteiger partial charge in [-0.2, -0.15) is 0 Å². The third-order valence-electron chi connectivity index (χ3n) is 3.77. The molecule has 1 aromatic rings. The van der Waals surface area contributed by atoms with Crippen molar-refractivity contribution in [1.82, 2.24) is 4.90 Å². The minimum atomic E-state index is 0.0475. The molecule has 1 aromatic carbocycles.